The Morgan fingerprint density at radius 1 is 1.48 bits per heavy atom. The van der Waals surface area contributed by atoms with Gasteiger partial charge in [0, 0.05) is 0 Å². The average Bonchev–Trinajstić information content (AvgIpc) is 2.36. The molecule has 0 aromatic rings. The van der Waals surface area contributed by atoms with E-state index in [9.17, 15) is 23.1 Å². The molecular weight excluding hydrogens is 285 g/mol. The summed E-state index contributed by atoms with van der Waals surface area (Å²) in [6.07, 6.45) is 1.26. The molecule has 0 fully saturated rings. The van der Waals surface area contributed by atoms with E-state index in [0.29, 0.717) is 0 Å². The third-order valence-electron chi connectivity index (χ3n) is 3.12. The predicted octanol–water partition coefficient (Wildman–Crippen LogP) is 2.11. The topological polar surface area (TPSA) is 52.6 Å². The molecule has 0 amide bonds. The highest BCUT2D eigenvalue weighted by Crippen LogP contribution is 2.38. The lowest BCUT2D eigenvalue weighted by atomic mass is 9.96. The van der Waals surface area contributed by atoms with Gasteiger partial charge < -0.3 is 10.0 Å². The Morgan fingerprint density at radius 3 is 2.43 bits per heavy atom. The molecule has 1 rings (SSSR count). The minimum absolute atomic E-state index is 0.187. The fraction of sp³-hybridized carbons (Fsp3) is 0.500. The SMILES string of the molecule is C#CC(C)(C)N1C(C(F)(F)F)=CC=C(C(=O)O)C1NCC. The Hall–Kier alpha value is -1.94. The van der Waals surface area contributed by atoms with Gasteiger partial charge in [0.15, 0.2) is 0 Å². The Kier molecular flexibility index (Phi) is 4.74. The molecule has 1 unspecified atom stereocenters. The Morgan fingerprint density at radius 2 is 2.05 bits per heavy atom. The zero-order valence-corrected chi connectivity index (χ0v) is 12.0. The number of carboxylic acids is 1. The number of halogens is 3. The minimum atomic E-state index is -4.64. The lowest BCUT2D eigenvalue weighted by Gasteiger charge is -2.46. The van der Waals surface area contributed by atoms with Crippen molar-refractivity contribution in [1.29, 1.82) is 0 Å². The first-order valence-corrected chi connectivity index (χ1v) is 6.29. The summed E-state index contributed by atoms with van der Waals surface area (Å²) in [5.41, 5.74) is -2.47. The van der Waals surface area contributed by atoms with Crippen LogP contribution in [0.5, 0.6) is 0 Å². The van der Waals surface area contributed by atoms with Crippen LogP contribution in [0.1, 0.15) is 20.8 Å². The molecule has 0 spiro atoms. The van der Waals surface area contributed by atoms with Gasteiger partial charge >= 0.3 is 12.1 Å². The monoisotopic (exact) mass is 302 g/mol. The van der Waals surface area contributed by atoms with Crippen LogP contribution in [0.2, 0.25) is 0 Å². The van der Waals surface area contributed by atoms with Gasteiger partial charge in [-0.15, -0.1) is 6.42 Å². The molecule has 1 atom stereocenters. The van der Waals surface area contributed by atoms with E-state index in [1.165, 1.54) is 13.8 Å². The van der Waals surface area contributed by atoms with Gasteiger partial charge in [0.1, 0.15) is 11.9 Å². The van der Waals surface area contributed by atoms with E-state index in [1.807, 2.05) is 0 Å². The molecule has 0 saturated heterocycles. The molecule has 1 aliphatic heterocycles. The van der Waals surface area contributed by atoms with Gasteiger partial charge in [-0.05, 0) is 32.5 Å². The summed E-state index contributed by atoms with van der Waals surface area (Å²) in [4.78, 5) is 12.1. The van der Waals surface area contributed by atoms with Crippen molar-refractivity contribution < 1.29 is 23.1 Å². The zero-order valence-electron chi connectivity index (χ0n) is 12.0. The number of rotatable bonds is 4. The van der Waals surface area contributed by atoms with Crippen molar-refractivity contribution in [3.05, 3.63) is 23.4 Å². The maximum Gasteiger partial charge on any atom is 0.431 e. The summed E-state index contributed by atoms with van der Waals surface area (Å²) >= 11 is 0. The Balaban J connectivity index is 3.49. The van der Waals surface area contributed by atoms with Crippen LogP contribution in [0.25, 0.3) is 0 Å². The molecule has 0 radical (unpaired) electrons. The second-order valence-corrected chi connectivity index (χ2v) is 5.01. The number of nitrogens with one attached hydrogen (secondary N) is 1. The normalized spacial score (nSPS) is 19.7. The maximum atomic E-state index is 13.2. The fourth-order valence-corrected chi connectivity index (χ4v) is 2.13. The number of hydrogen-bond donors (Lipinski definition) is 2. The Labute approximate surface area is 121 Å². The molecule has 0 aromatic carbocycles. The average molecular weight is 302 g/mol. The van der Waals surface area contributed by atoms with E-state index < -0.39 is 29.5 Å². The molecule has 0 aliphatic carbocycles. The van der Waals surface area contributed by atoms with Gasteiger partial charge in [-0.1, -0.05) is 12.8 Å². The molecule has 21 heavy (non-hydrogen) atoms. The molecule has 7 heteroatoms. The smallest absolute Gasteiger partial charge is 0.431 e. The van der Waals surface area contributed by atoms with Crippen LogP contribution in [0, 0.1) is 12.3 Å². The van der Waals surface area contributed by atoms with Crippen LogP contribution in [0.4, 0.5) is 13.2 Å². The number of allylic oxidation sites excluding steroid dienone is 3. The van der Waals surface area contributed by atoms with E-state index in [0.717, 1.165) is 17.1 Å². The summed E-state index contributed by atoms with van der Waals surface area (Å²) in [6, 6.07) is 0. The third kappa shape index (κ3) is 3.39. The molecular formula is C14H17F3N2O2. The van der Waals surface area contributed by atoms with E-state index in [4.69, 9.17) is 6.42 Å². The standard InChI is InChI=1S/C14H17F3N2O2/c1-5-13(3,4)19-10(14(15,16)17)8-7-9(12(20)21)11(19)18-6-2/h1,7-8,11,18H,6H2,2-4H3,(H,20,21). The molecule has 2 N–H and O–H groups in total. The first-order chi connectivity index (χ1) is 9.56. The number of terminal acetylenes is 1. The highest BCUT2D eigenvalue weighted by molar-refractivity contribution is 5.88. The summed E-state index contributed by atoms with van der Waals surface area (Å²) in [5, 5.41) is 11.9. The van der Waals surface area contributed by atoms with Crippen molar-refractivity contribution in [3.8, 4) is 12.3 Å². The number of aliphatic carboxylic acids is 1. The largest absolute Gasteiger partial charge is 0.478 e. The van der Waals surface area contributed by atoms with E-state index in [2.05, 4.69) is 11.2 Å². The fourth-order valence-electron chi connectivity index (χ4n) is 2.13. The van der Waals surface area contributed by atoms with Crippen molar-refractivity contribution in [2.45, 2.75) is 38.7 Å². The van der Waals surface area contributed by atoms with Gasteiger partial charge in [0.05, 0.1) is 11.1 Å². The molecule has 116 valence electrons. The van der Waals surface area contributed by atoms with Crippen molar-refractivity contribution in [2.24, 2.45) is 0 Å². The van der Waals surface area contributed by atoms with Gasteiger partial charge in [0.2, 0.25) is 0 Å². The first-order valence-electron chi connectivity index (χ1n) is 6.29. The van der Waals surface area contributed by atoms with Crippen LogP contribution >= 0.6 is 0 Å². The quantitative estimate of drug-likeness (QED) is 0.781. The lowest BCUT2D eigenvalue weighted by molar-refractivity contribution is -0.137. The molecule has 0 aromatic heterocycles. The van der Waals surface area contributed by atoms with Crippen LogP contribution < -0.4 is 5.32 Å². The van der Waals surface area contributed by atoms with E-state index >= 15 is 0 Å². The molecule has 1 aliphatic rings. The maximum absolute atomic E-state index is 13.2. The predicted molar refractivity (Wildman–Crippen MR) is 72.1 cm³/mol. The number of carboxylic acid groups (broad SMARTS) is 1. The van der Waals surface area contributed by atoms with Gasteiger partial charge in [0.25, 0.3) is 0 Å². The number of nitrogens with zero attached hydrogens (tertiary/aromatic N) is 1. The molecule has 0 bridgehead atoms. The zero-order chi connectivity index (χ0) is 16.4. The highest BCUT2D eigenvalue weighted by Gasteiger charge is 2.48. The van der Waals surface area contributed by atoms with Gasteiger partial charge in [-0.25, -0.2) is 4.79 Å². The van der Waals surface area contributed by atoms with Crippen LogP contribution in [-0.2, 0) is 4.79 Å². The summed E-state index contributed by atoms with van der Waals surface area (Å²) in [5.74, 6) is 0.991. The third-order valence-corrected chi connectivity index (χ3v) is 3.12. The Bertz CT molecular complexity index is 527. The second-order valence-electron chi connectivity index (χ2n) is 5.01. The van der Waals surface area contributed by atoms with Crippen LogP contribution in [0.3, 0.4) is 0 Å². The summed E-state index contributed by atoms with van der Waals surface area (Å²) in [7, 11) is 0. The van der Waals surface area contributed by atoms with Crippen LogP contribution in [0.15, 0.2) is 23.4 Å². The van der Waals surface area contributed by atoms with E-state index in [1.54, 1.807) is 6.92 Å². The summed E-state index contributed by atoms with van der Waals surface area (Å²) in [6.45, 7) is 4.83. The summed E-state index contributed by atoms with van der Waals surface area (Å²) < 4.78 is 39.7. The number of carbonyl (C=O) groups is 1. The number of likely N-dealkylation sites (N-methyl/N-ethyl adjacent to an activating group) is 1. The first kappa shape index (κ1) is 17.1. The van der Waals surface area contributed by atoms with Crippen LogP contribution in [-0.4, -0.2) is 40.4 Å². The lowest BCUT2D eigenvalue weighted by Crippen LogP contribution is -2.59. The number of alkyl halides is 3. The minimum Gasteiger partial charge on any atom is -0.478 e. The van der Waals surface area contributed by atoms with Gasteiger partial charge in [-0.3, -0.25) is 5.32 Å². The van der Waals surface area contributed by atoms with Crippen molar-refractivity contribution in [2.75, 3.05) is 6.54 Å². The van der Waals surface area contributed by atoms with E-state index in [-0.39, 0.29) is 12.1 Å². The van der Waals surface area contributed by atoms with Gasteiger partial charge in [-0.2, -0.15) is 13.2 Å². The second kappa shape index (κ2) is 5.82. The highest BCUT2D eigenvalue weighted by atomic mass is 19.4. The molecule has 4 nitrogen and oxygen atoms in total. The van der Waals surface area contributed by atoms with Crippen molar-refractivity contribution in [3.63, 3.8) is 0 Å². The number of hydrogen-bond acceptors (Lipinski definition) is 3. The molecule has 0 saturated carbocycles. The van der Waals surface area contributed by atoms with Crippen molar-refractivity contribution in [1.82, 2.24) is 10.2 Å². The van der Waals surface area contributed by atoms with Crippen molar-refractivity contribution >= 4 is 5.97 Å². The molecule has 1 heterocycles.